The fourth-order valence-electron chi connectivity index (χ4n) is 4.39. The van der Waals surface area contributed by atoms with Crippen LogP contribution in [0.1, 0.15) is 51.8 Å². The Morgan fingerprint density at radius 1 is 1.26 bits per heavy atom. The summed E-state index contributed by atoms with van der Waals surface area (Å²) in [6.07, 6.45) is 4.87. The van der Waals surface area contributed by atoms with E-state index in [0.717, 1.165) is 65.4 Å². The normalized spacial score (nSPS) is 22.9. The van der Waals surface area contributed by atoms with E-state index < -0.39 is 5.60 Å². The summed E-state index contributed by atoms with van der Waals surface area (Å²) in [6, 6.07) is 4.19. The third kappa shape index (κ3) is 3.84. The van der Waals surface area contributed by atoms with Crippen LogP contribution >= 0.6 is 11.5 Å². The van der Waals surface area contributed by atoms with Crippen LogP contribution in [-0.2, 0) is 15.1 Å². The molecule has 2 fully saturated rings. The van der Waals surface area contributed by atoms with Gasteiger partial charge in [0.25, 0.3) is 0 Å². The largest absolute Gasteiger partial charge is 0.386 e. The van der Waals surface area contributed by atoms with Gasteiger partial charge in [-0.2, -0.15) is 9.47 Å². The molecular weight excluding hydrogens is 414 g/mol. The van der Waals surface area contributed by atoms with Crippen LogP contribution in [-0.4, -0.2) is 56.7 Å². The van der Waals surface area contributed by atoms with E-state index in [1.165, 1.54) is 11.5 Å². The van der Waals surface area contributed by atoms with Gasteiger partial charge in [0.2, 0.25) is 0 Å². The molecule has 1 unspecified atom stereocenters. The third-order valence-corrected chi connectivity index (χ3v) is 6.94. The molecule has 1 N–H and O–H groups in total. The van der Waals surface area contributed by atoms with Gasteiger partial charge in [0.05, 0.1) is 35.3 Å². The lowest BCUT2D eigenvalue weighted by atomic mass is 9.98. The van der Waals surface area contributed by atoms with Gasteiger partial charge in [-0.15, -0.1) is 0 Å². The predicted molar refractivity (Wildman–Crippen MR) is 120 cm³/mol. The van der Waals surface area contributed by atoms with Crippen molar-refractivity contribution in [2.24, 2.45) is 0 Å². The second-order valence-electron chi connectivity index (χ2n) is 8.90. The van der Waals surface area contributed by atoms with E-state index in [0.29, 0.717) is 13.2 Å². The Kier molecular flexibility index (Phi) is 5.45. The molecule has 3 aromatic rings. The molecule has 3 aromatic heterocycles. The second-order valence-corrected chi connectivity index (χ2v) is 9.67. The van der Waals surface area contributed by atoms with Crippen molar-refractivity contribution in [3.63, 3.8) is 0 Å². The lowest BCUT2D eigenvalue weighted by molar-refractivity contribution is -0.0383. The Morgan fingerprint density at radius 3 is 2.87 bits per heavy atom. The SMILES string of the molecule is C[C@@H]1COCCN1c1cc(C(C)(C)O)c2snc(-c3ccnn3C3CCCCO3)c2n1. The van der Waals surface area contributed by atoms with Crippen LogP contribution in [0.3, 0.4) is 0 Å². The summed E-state index contributed by atoms with van der Waals surface area (Å²) in [5.41, 5.74) is 2.33. The number of hydrogen-bond donors (Lipinski definition) is 1. The average molecular weight is 444 g/mol. The highest BCUT2D eigenvalue weighted by Gasteiger charge is 2.29. The number of morpholine rings is 1. The third-order valence-electron chi connectivity index (χ3n) is 6.07. The summed E-state index contributed by atoms with van der Waals surface area (Å²) in [6.45, 7) is 8.62. The second kappa shape index (κ2) is 8.12. The highest BCUT2D eigenvalue weighted by Crippen LogP contribution is 2.39. The van der Waals surface area contributed by atoms with Gasteiger partial charge in [0.15, 0.2) is 6.23 Å². The monoisotopic (exact) mass is 443 g/mol. The number of nitrogens with zero attached hydrogens (tertiary/aromatic N) is 5. The first-order valence-corrected chi connectivity index (χ1v) is 11.7. The van der Waals surface area contributed by atoms with Crippen molar-refractivity contribution in [1.82, 2.24) is 19.1 Å². The molecule has 0 bridgehead atoms. The van der Waals surface area contributed by atoms with Crippen molar-refractivity contribution in [1.29, 1.82) is 0 Å². The Bertz CT molecular complexity index is 1070. The lowest BCUT2D eigenvalue weighted by Crippen LogP contribution is -2.44. The molecule has 166 valence electrons. The summed E-state index contributed by atoms with van der Waals surface area (Å²) >= 11 is 1.38. The molecule has 2 atom stereocenters. The molecule has 2 aliphatic rings. The molecule has 0 radical (unpaired) electrons. The number of pyridine rings is 1. The molecule has 0 aliphatic carbocycles. The number of anilines is 1. The zero-order valence-corrected chi connectivity index (χ0v) is 19.1. The van der Waals surface area contributed by atoms with E-state index in [4.69, 9.17) is 18.8 Å². The molecule has 8 nitrogen and oxygen atoms in total. The first kappa shape index (κ1) is 20.8. The number of aliphatic hydroxyl groups is 1. The van der Waals surface area contributed by atoms with Crippen LogP contribution < -0.4 is 4.90 Å². The van der Waals surface area contributed by atoms with Gasteiger partial charge >= 0.3 is 0 Å². The minimum Gasteiger partial charge on any atom is -0.386 e. The number of ether oxygens (including phenoxy) is 2. The maximum atomic E-state index is 10.9. The van der Waals surface area contributed by atoms with Gasteiger partial charge in [-0.25, -0.2) is 9.67 Å². The fraction of sp³-hybridized carbons (Fsp3) is 0.591. The van der Waals surface area contributed by atoms with Crippen molar-refractivity contribution in [2.45, 2.75) is 57.9 Å². The molecule has 0 amide bonds. The first-order chi connectivity index (χ1) is 14.9. The highest BCUT2D eigenvalue weighted by molar-refractivity contribution is 7.13. The molecule has 5 rings (SSSR count). The van der Waals surface area contributed by atoms with Crippen molar-refractivity contribution >= 4 is 27.6 Å². The van der Waals surface area contributed by atoms with E-state index in [2.05, 4.69) is 16.9 Å². The van der Waals surface area contributed by atoms with Crippen LogP contribution in [0.5, 0.6) is 0 Å². The van der Waals surface area contributed by atoms with E-state index >= 15 is 0 Å². The Balaban J connectivity index is 1.66. The van der Waals surface area contributed by atoms with Gasteiger partial charge in [-0.3, -0.25) is 0 Å². The number of aromatic nitrogens is 4. The molecular formula is C22H29N5O3S. The van der Waals surface area contributed by atoms with Gasteiger partial charge in [-0.05, 0) is 63.7 Å². The van der Waals surface area contributed by atoms with E-state index in [1.54, 1.807) is 6.20 Å². The zero-order valence-electron chi connectivity index (χ0n) is 18.2. The van der Waals surface area contributed by atoms with Crippen molar-refractivity contribution in [3.8, 4) is 11.4 Å². The minimum absolute atomic E-state index is 0.0771. The molecule has 5 heterocycles. The Morgan fingerprint density at radius 2 is 2.13 bits per heavy atom. The van der Waals surface area contributed by atoms with Crippen molar-refractivity contribution < 1.29 is 14.6 Å². The molecule has 0 saturated carbocycles. The number of rotatable bonds is 4. The minimum atomic E-state index is -1.01. The van der Waals surface area contributed by atoms with E-state index in [1.807, 2.05) is 30.7 Å². The topological polar surface area (TPSA) is 85.5 Å². The molecule has 31 heavy (non-hydrogen) atoms. The summed E-state index contributed by atoms with van der Waals surface area (Å²) in [7, 11) is 0. The first-order valence-electron chi connectivity index (χ1n) is 11.0. The van der Waals surface area contributed by atoms with Gasteiger partial charge in [0, 0.05) is 24.9 Å². The van der Waals surface area contributed by atoms with Crippen LogP contribution in [0.25, 0.3) is 21.6 Å². The van der Waals surface area contributed by atoms with Crippen LogP contribution in [0.4, 0.5) is 5.82 Å². The highest BCUT2D eigenvalue weighted by atomic mass is 32.1. The maximum Gasteiger partial charge on any atom is 0.150 e. The van der Waals surface area contributed by atoms with E-state index in [-0.39, 0.29) is 12.3 Å². The van der Waals surface area contributed by atoms with Gasteiger partial charge < -0.3 is 19.5 Å². The van der Waals surface area contributed by atoms with Crippen LogP contribution in [0, 0.1) is 0 Å². The Hall–Kier alpha value is -2.07. The van der Waals surface area contributed by atoms with Gasteiger partial charge in [0.1, 0.15) is 17.0 Å². The van der Waals surface area contributed by atoms with Crippen molar-refractivity contribution in [3.05, 3.63) is 23.9 Å². The lowest BCUT2D eigenvalue weighted by Gasteiger charge is -2.35. The van der Waals surface area contributed by atoms with E-state index in [9.17, 15) is 5.11 Å². The predicted octanol–water partition coefficient (Wildman–Crippen LogP) is 3.71. The summed E-state index contributed by atoms with van der Waals surface area (Å²) in [5, 5.41) is 15.5. The maximum absolute atomic E-state index is 10.9. The summed E-state index contributed by atoms with van der Waals surface area (Å²) < 4.78 is 19.2. The smallest absolute Gasteiger partial charge is 0.150 e. The molecule has 2 aliphatic heterocycles. The summed E-state index contributed by atoms with van der Waals surface area (Å²) in [4.78, 5) is 7.30. The fourth-order valence-corrected chi connectivity index (χ4v) is 5.39. The van der Waals surface area contributed by atoms with Crippen LogP contribution in [0.2, 0.25) is 0 Å². The quantitative estimate of drug-likeness (QED) is 0.658. The van der Waals surface area contributed by atoms with Crippen LogP contribution in [0.15, 0.2) is 18.3 Å². The van der Waals surface area contributed by atoms with Crippen molar-refractivity contribution in [2.75, 3.05) is 31.3 Å². The zero-order chi connectivity index (χ0) is 21.6. The molecule has 2 saturated heterocycles. The average Bonchev–Trinajstić information content (AvgIpc) is 3.40. The molecule has 0 spiro atoms. The summed E-state index contributed by atoms with van der Waals surface area (Å²) in [5.74, 6) is 0.849. The Labute approximate surface area is 186 Å². The molecule has 0 aromatic carbocycles. The standard InChI is InChI=1S/C22H29N5O3S/c1-14-13-29-11-9-26(14)17-12-15(22(2,3)28)21-20(24-17)19(25-31-21)16-7-8-23-27(16)18-6-4-5-10-30-18/h7-8,12,14,18,28H,4-6,9-11,13H2,1-3H3/t14-,18?/m1/s1. The number of hydrogen-bond acceptors (Lipinski definition) is 8. The van der Waals surface area contributed by atoms with Gasteiger partial charge in [-0.1, -0.05) is 0 Å². The molecule has 9 heteroatoms. The number of fused-ring (bicyclic) bond motifs is 1.